The van der Waals surface area contributed by atoms with Crippen LogP contribution in [0.5, 0.6) is 0 Å². The second-order valence-electron chi connectivity index (χ2n) is 5.84. The molecule has 7 nitrogen and oxygen atoms in total. The maximum absolute atomic E-state index is 7.24. The van der Waals surface area contributed by atoms with Crippen LogP contribution in [0.4, 0.5) is 11.5 Å². The summed E-state index contributed by atoms with van der Waals surface area (Å²) in [5.74, 6) is 0.895. The van der Waals surface area contributed by atoms with Gasteiger partial charge in [0.05, 0.1) is 18.9 Å². The van der Waals surface area contributed by atoms with Crippen LogP contribution in [0.25, 0.3) is 16.6 Å². The molecule has 0 radical (unpaired) electrons. The molecule has 0 aliphatic carbocycles. The van der Waals surface area contributed by atoms with Crippen molar-refractivity contribution in [2.24, 2.45) is 5.73 Å². The highest BCUT2D eigenvalue weighted by Crippen LogP contribution is 2.31. The van der Waals surface area contributed by atoms with E-state index in [-0.39, 0.29) is 0 Å². The minimum absolute atomic E-state index is 0.437. The Balaban J connectivity index is 2.22. The monoisotopic (exact) mass is 326 g/mol. The average Bonchev–Trinajstić information content (AvgIpc) is 2.61. The number of rotatable bonds is 4. The van der Waals surface area contributed by atoms with Crippen molar-refractivity contribution >= 4 is 34.3 Å². The highest BCUT2D eigenvalue weighted by Gasteiger charge is 2.18. The van der Waals surface area contributed by atoms with Gasteiger partial charge in [-0.2, -0.15) is 0 Å². The summed E-state index contributed by atoms with van der Waals surface area (Å²) >= 11 is 0. The van der Waals surface area contributed by atoms with Gasteiger partial charge in [0.25, 0.3) is 0 Å². The standard InChI is InChI=1S/C17H22N6O/c1-22(2)14-11-15(23-7-9-24-10-8-23)21-16-12(14)4-6-20-17(16)13(19)3-5-18/h3-6,11,18H,7-10,19H2,1-2H3/b13-3-,18-5?. The second kappa shape index (κ2) is 6.84. The molecule has 2 aromatic rings. The van der Waals surface area contributed by atoms with Crippen LogP contribution >= 0.6 is 0 Å². The summed E-state index contributed by atoms with van der Waals surface area (Å²) in [4.78, 5) is 13.5. The molecule has 7 heteroatoms. The van der Waals surface area contributed by atoms with E-state index in [1.807, 2.05) is 20.2 Å². The number of anilines is 2. The Hall–Kier alpha value is -2.67. The van der Waals surface area contributed by atoms with Crippen molar-refractivity contribution in [2.45, 2.75) is 0 Å². The number of morpholine rings is 1. The second-order valence-corrected chi connectivity index (χ2v) is 5.84. The van der Waals surface area contributed by atoms with Gasteiger partial charge in [-0.15, -0.1) is 0 Å². The molecule has 0 aromatic carbocycles. The highest BCUT2D eigenvalue weighted by molar-refractivity contribution is 5.99. The molecule has 3 heterocycles. The molecule has 0 spiro atoms. The number of aromatic nitrogens is 2. The number of pyridine rings is 2. The fourth-order valence-corrected chi connectivity index (χ4v) is 2.83. The first-order valence-electron chi connectivity index (χ1n) is 7.88. The third kappa shape index (κ3) is 3.03. The van der Waals surface area contributed by atoms with E-state index in [4.69, 9.17) is 20.9 Å². The van der Waals surface area contributed by atoms with Crippen molar-refractivity contribution in [3.05, 3.63) is 30.1 Å². The largest absolute Gasteiger partial charge is 0.397 e. The smallest absolute Gasteiger partial charge is 0.131 e. The van der Waals surface area contributed by atoms with Gasteiger partial charge in [-0.05, 0) is 12.1 Å². The minimum Gasteiger partial charge on any atom is -0.397 e. The lowest BCUT2D eigenvalue weighted by atomic mass is 10.1. The zero-order valence-electron chi connectivity index (χ0n) is 14.0. The van der Waals surface area contributed by atoms with Gasteiger partial charge in [0.15, 0.2) is 0 Å². The van der Waals surface area contributed by atoms with E-state index in [2.05, 4.69) is 20.9 Å². The van der Waals surface area contributed by atoms with Crippen LogP contribution in [0.2, 0.25) is 0 Å². The highest BCUT2D eigenvalue weighted by atomic mass is 16.5. The molecule has 0 bridgehead atoms. The summed E-state index contributed by atoms with van der Waals surface area (Å²) in [6, 6.07) is 4.04. The Labute approximate surface area is 141 Å². The molecule has 1 aliphatic rings. The van der Waals surface area contributed by atoms with Crippen LogP contribution in [-0.4, -0.2) is 56.6 Å². The van der Waals surface area contributed by atoms with Crippen molar-refractivity contribution in [1.82, 2.24) is 9.97 Å². The van der Waals surface area contributed by atoms with Gasteiger partial charge < -0.3 is 25.7 Å². The normalized spacial score (nSPS) is 15.6. The van der Waals surface area contributed by atoms with E-state index in [9.17, 15) is 0 Å². The van der Waals surface area contributed by atoms with Gasteiger partial charge in [-0.25, -0.2) is 4.98 Å². The van der Waals surface area contributed by atoms with Crippen molar-refractivity contribution < 1.29 is 4.74 Å². The number of nitrogens with one attached hydrogen (secondary N) is 1. The molecule has 3 N–H and O–H groups in total. The van der Waals surface area contributed by atoms with E-state index >= 15 is 0 Å². The maximum Gasteiger partial charge on any atom is 0.131 e. The molecule has 0 amide bonds. The van der Waals surface area contributed by atoms with E-state index < -0.39 is 0 Å². The summed E-state index contributed by atoms with van der Waals surface area (Å²) in [6.07, 6.45) is 4.42. The Morgan fingerprint density at radius 3 is 2.79 bits per heavy atom. The average molecular weight is 326 g/mol. The van der Waals surface area contributed by atoms with Gasteiger partial charge in [0, 0.05) is 56.7 Å². The third-order valence-electron chi connectivity index (χ3n) is 4.05. The van der Waals surface area contributed by atoms with Crippen LogP contribution in [0.3, 0.4) is 0 Å². The maximum atomic E-state index is 7.24. The van der Waals surface area contributed by atoms with Gasteiger partial charge in [-0.1, -0.05) is 0 Å². The number of ether oxygens (including phenoxy) is 1. The van der Waals surface area contributed by atoms with Crippen molar-refractivity contribution in [1.29, 1.82) is 5.41 Å². The molecule has 3 rings (SSSR count). The van der Waals surface area contributed by atoms with E-state index in [1.165, 1.54) is 6.08 Å². The third-order valence-corrected chi connectivity index (χ3v) is 4.05. The van der Waals surface area contributed by atoms with Gasteiger partial charge in [0.1, 0.15) is 17.0 Å². The van der Waals surface area contributed by atoms with Crippen LogP contribution < -0.4 is 15.5 Å². The molecule has 1 saturated heterocycles. The summed E-state index contributed by atoms with van der Waals surface area (Å²) in [5, 5.41) is 8.23. The summed E-state index contributed by atoms with van der Waals surface area (Å²) < 4.78 is 5.43. The van der Waals surface area contributed by atoms with Crippen LogP contribution in [0.15, 0.2) is 24.4 Å². The summed E-state index contributed by atoms with van der Waals surface area (Å²) in [6.45, 7) is 3.03. The lowest BCUT2D eigenvalue weighted by molar-refractivity contribution is 0.122. The fraction of sp³-hybridized carbons (Fsp3) is 0.353. The number of hydrogen-bond donors (Lipinski definition) is 2. The SMILES string of the molecule is CN(C)c1cc(N2CCOCC2)nc2c(/C(N)=C/C=N)nccc12. The Bertz CT molecular complexity index is 780. The number of nitrogens with two attached hydrogens (primary N) is 1. The predicted molar refractivity (Wildman–Crippen MR) is 97.8 cm³/mol. The van der Waals surface area contributed by atoms with Crippen LogP contribution in [0.1, 0.15) is 5.69 Å². The molecular formula is C17H22N6O. The van der Waals surface area contributed by atoms with E-state index in [1.54, 1.807) is 6.20 Å². The van der Waals surface area contributed by atoms with E-state index in [0.29, 0.717) is 24.6 Å². The summed E-state index contributed by atoms with van der Waals surface area (Å²) in [5.41, 5.74) is 8.94. The van der Waals surface area contributed by atoms with Crippen LogP contribution in [0, 0.1) is 5.41 Å². The Morgan fingerprint density at radius 2 is 2.12 bits per heavy atom. The molecule has 24 heavy (non-hydrogen) atoms. The molecule has 2 aromatic heterocycles. The lowest BCUT2D eigenvalue weighted by Crippen LogP contribution is -2.36. The molecule has 1 fully saturated rings. The zero-order valence-corrected chi connectivity index (χ0v) is 14.0. The Morgan fingerprint density at radius 1 is 1.38 bits per heavy atom. The number of nitrogens with zero attached hydrogens (tertiary/aromatic N) is 4. The summed E-state index contributed by atoms with van der Waals surface area (Å²) in [7, 11) is 4.02. The fourth-order valence-electron chi connectivity index (χ4n) is 2.83. The van der Waals surface area contributed by atoms with Crippen molar-refractivity contribution in [3.63, 3.8) is 0 Å². The first-order valence-corrected chi connectivity index (χ1v) is 7.88. The minimum atomic E-state index is 0.437. The van der Waals surface area contributed by atoms with Crippen molar-refractivity contribution in [3.8, 4) is 0 Å². The number of allylic oxidation sites excluding steroid dienone is 1. The zero-order chi connectivity index (χ0) is 17.1. The topological polar surface area (TPSA) is 91.4 Å². The molecular weight excluding hydrogens is 304 g/mol. The Kier molecular flexibility index (Phi) is 4.61. The molecule has 0 atom stereocenters. The molecule has 1 aliphatic heterocycles. The predicted octanol–water partition coefficient (Wildman–Crippen LogP) is 1.48. The van der Waals surface area contributed by atoms with Crippen molar-refractivity contribution in [2.75, 3.05) is 50.2 Å². The van der Waals surface area contributed by atoms with Gasteiger partial charge in [-0.3, -0.25) is 4.98 Å². The quantitative estimate of drug-likeness (QED) is 0.827. The molecule has 0 unspecified atom stereocenters. The lowest BCUT2D eigenvalue weighted by Gasteiger charge is -2.29. The number of fused-ring (bicyclic) bond motifs is 1. The van der Waals surface area contributed by atoms with Gasteiger partial charge >= 0.3 is 0 Å². The number of hydrogen-bond acceptors (Lipinski definition) is 7. The molecule has 0 saturated carbocycles. The van der Waals surface area contributed by atoms with E-state index in [0.717, 1.165) is 41.7 Å². The van der Waals surface area contributed by atoms with Gasteiger partial charge in [0.2, 0.25) is 0 Å². The van der Waals surface area contributed by atoms with Crippen LogP contribution in [-0.2, 0) is 4.74 Å². The first kappa shape index (κ1) is 16.2. The molecule has 126 valence electrons. The first-order chi connectivity index (χ1) is 11.6.